The fraction of sp³-hybridized carbons (Fsp3) is 0.316. The summed E-state index contributed by atoms with van der Waals surface area (Å²) in [6.45, 7) is 0.751. The molecular formula is C19H19F2N3O2. The average molecular weight is 359 g/mol. The predicted octanol–water partition coefficient (Wildman–Crippen LogP) is 4.00. The molecule has 5 nitrogen and oxygen atoms in total. The molecule has 2 heterocycles. The molecule has 0 radical (unpaired) electrons. The van der Waals surface area contributed by atoms with Crippen LogP contribution in [0.15, 0.2) is 42.5 Å². The molecule has 2 aliphatic rings. The van der Waals surface area contributed by atoms with Gasteiger partial charge in [0.1, 0.15) is 5.75 Å². The number of fused-ring (bicyclic) bond motifs is 1. The minimum absolute atomic E-state index is 0.0139. The van der Waals surface area contributed by atoms with E-state index in [0.29, 0.717) is 24.5 Å². The van der Waals surface area contributed by atoms with Gasteiger partial charge in [-0.25, -0.2) is 8.78 Å². The Morgan fingerprint density at radius 1 is 1.04 bits per heavy atom. The first-order chi connectivity index (χ1) is 12.5. The molecule has 0 atom stereocenters. The monoisotopic (exact) mass is 359 g/mol. The number of anilines is 4. The number of hydrogen-bond acceptors (Lipinski definition) is 4. The van der Waals surface area contributed by atoms with E-state index in [4.69, 9.17) is 4.74 Å². The summed E-state index contributed by atoms with van der Waals surface area (Å²) in [6.07, 6.45) is -0.197. The van der Waals surface area contributed by atoms with Crippen molar-refractivity contribution in [3.63, 3.8) is 0 Å². The van der Waals surface area contributed by atoms with Crippen molar-refractivity contribution in [2.45, 2.75) is 18.8 Å². The van der Waals surface area contributed by atoms with Gasteiger partial charge < -0.3 is 20.3 Å². The smallest absolute Gasteiger partial charge is 0.262 e. The van der Waals surface area contributed by atoms with Gasteiger partial charge in [-0.2, -0.15) is 0 Å². The standard InChI is InChI=1S/C19H19F2N3O2/c20-19(21)7-9-24(10-8-19)15-4-1-13(2-5-15)22-14-3-6-16-17(11-14)26-12-18(25)23-16/h1-6,11,22H,7-10,12H2,(H,23,25). The quantitative estimate of drug-likeness (QED) is 0.870. The maximum absolute atomic E-state index is 13.3. The minimum atomic E-state index is -2.54. The van der Waals surface area contributed by atoms with Crippen molar-refractivity contribution in [3.8, 4) is 5.75 Å². The van der Waals surface area contributed by atoms with E-state index in [0.717, 1.165) is 17.1 Å². The highest BCUT2D eigenvalue weighted by molar-refractivity contribution is 5.95. The second-order valence-electron chi connectivity index (χ2n) is 6.56. The Balaban J connectivity index is 1.42. The summed E-state index contributed by atoms with van der Waals surface area (Å²) in [4.78, 5) is 13.3. The van der Waals surface area contributed by atoms with Crippen LogP contribution in [0, 0.1) is 0 Å². The van der Waals surface area contributed by atoms with E-state index < -0.39 is 5.92 Å². The molecule has 1 saturated heterocycles. The van der Waals surface area contributed by atoms with Crippen LogP contribution >= 0.6 is 0 Å². The SMILES string of the molecule is O=C1COc2cc(Nc3ccc(N4CCC(F)(F)CC4)cc3)ccc2N1. The van der Waals surface area contributed by atoms with Gasteiger partial charge >= 0.3 is 0 Å². The van der Waals surface area contributed by atoms with E-state index >= 15 is 0 Å². The predicted molar refractivity (Wildman–Crippen MR) is 96.7 cm³/mol. The first-order valence-corrected chi connectivity index (χ1v) is 8.55. The molecule has 2 aliphatic heterocycles. The fourth-order valence-electron chi connectivity index (χ4n) is 3.17. The van der Waals surface area contributed by atoms with Crippen molar-refractivity contribution in [2.75, 3.05) is 35.2 Å². The second kappa shape index (κ2) is 6.48. The van der Waals surface area contributed by atoms with Crippen LogP contribution in [-0.4, -0.2) is 31.5 Å². The molecule has 7 heteroatoms. The van der Waals surface area contributed by atoms with Crippen LogP contribution in [0.4, 0.5) is 31.5 Å². The Labute approximate surface area is 149 Å². The zero-order valence-electron chi connectivity index (χ0n) is 14.1. The van der Waals surface area contributed by atoms with Crippen molar-refractivity contribution in [3.05, 3.63) is 42.5 Å². The number of carbonyl (C=O) groups excluding carboxylic acids is 1. The fourth-order valence-corrected chi connectivity index (χ4v) is 3.17. The van der Waals surface area contributed by atoms with Crippen LogP contribution < -0.4 is 20.3 Å². The van der Waals surface area contributed by atoms with E-state index in [-0.39, 0.29) is 25.4 Å². The molecule has 0 unspecified atom stereocenters. The third-order valence-electron chi connectivity index (χ3n) is 4.63. The van der Waals surface area contributed by atoms with Gasteiger partial charge in [0, 0.05) is 49.1 Å². The second-order valence-corrected chi connectivity index (χ2v) is 6.56. The molecule has 0 saturated carbocycles. The molecule has 0 spiro atoms. The maximum Gasteiger partial charge on any atom is 0.262 e. The molecule has 0 aliphatic carbocycles. The van der Waals surface area contributed by atoms with Crippen LogP contribution in [-0.2, 0) is 4.79 Å². The van der Waals surface area contributed by atoms with Gasteiger partial charge in [-0.15, -0.1) is 0 Å². The Morgan fingerprint density at radius 3 is 2.46 bits per heavy atom. The van der Waals surface area contributed by atoms with Gasteiger partial charge in [-0.1, -0.05) is 0 Å². The summed E-state index contributed by atoms with van der Waals surface area (Å²) in [5.74, 6) is -2.07. The highest BCUT2D eigenvalue weighted by Crippen LogP contribution is 2.33. The van der Waals surface area contributed by atoms with Gasteiger partial charge in [-0.05, 0) is 36.4 Å². The molecule has 26 heavy (non-hydrogen) atoms. The third kappa shape index (κ3) is 3.56. The molecule has 2 N–H and O–H groups in total. The van der Waals surface area contributed by atoms with Crippen LogP contribution in [0.25, 0.3) is 0 Å². The average Bonchev–Trinajstić information content (AvgIpc) is 2.63. The Bertz CT molecular complexity index is 814. The summed E-state index contributed by atoms with van der Waals surface area (Å²) in [7, 11) is 0. The molecular weight excluding hydrogens is 340 g/mol. The number of benzene rings is 2. The van der Waals surface area contributed by atoms with Gasteiger partial charge in [0.05, 0.1) is 5.69 Å². The number of piperidine rings is 1. The third-order valence-corrected chi connectivity index (χ3v) is 4.63. The van der Waals surface area contributed by atoms with E-state index in [2.05, 4.69) is 10.6 Å². The Kier molecular flexibility index (Phi) is 4.14. The summed E-state index contributed by atoms with van der Waals surface area (Å²) in [5, 5.41) is 6.03. The molecule has 2 aromatic rings. The highest BCUT2D eigenvalue weighted by atomic mass is 19.3. The lowest BCUT2D eigenvalue weighted by atomic mass is 10.1. The normalized spacial score (nSPS) is 18.5. The number of ether oxygens (including phenoxy) is 1. The van der Waals surface area contributed by atoms with Crippen molar-refractivity contribution in [2.24, 2.45) is 0 Å². The van der Waals surface area contributed by atoms with Crippen molar-refractivity contribution in [1.29, 1.82) is 0 Å². The minimum Gasteiger partial charge on any atom is -0.482 e. The lowest BCUT2D eigenvalue weighted by Gasteiger charge is -2.33. The van der Waals surface area contributed by atoms with Gasteiger partial charge in [0.15, 0.2) is 6.61 Å². The highest BCUT2D eigenvalue weighted by Gasteiger charge is 2.33. The van der Waals surface area contributed by atoms with Crippen LogP contribution in [0.5, 0.6) is 5.75 Å². The number of nitrogens with zero attached hydrogens (tertiary/aromatic N) is 1. The van der Waals surface area contributed by atoms with Gasteiger partial charge in [-0.3, -0.25) is 4.79 Å². The molecule has 4 rings (SSSR count). The van der Waals surface area contributed by atoms with Crippen LogP contribution in [0.2, 0.25) is 0 Å². The summed E-state index contributed by atoms with van der Waals surface area (Å²) in [6, 6.07) is 13.2. The molecule has 2 aromatic carbocycles. The maximum atomic E-state index is 13.3. The molecule has 136 valence electrons. The first kappa shape index (κ1) is 16.6. The Hall–Kier alpha value is -2.83. The number of carbonyl (C=O) groups is 1. The summed E-state index contributed by atoms with van der Waals surface area (Å²) >= 11 is 0. The largest absolute Gasteiger partial charge is 0.482 e. The van der Waals surface area contributed by atoms with Crippen LogP contribution in [0.3, 0.4) is 0 Å². The number of halogens is 2. The number of hydrogen-bond donors (Lipinski definition) is 2. The first-order valence-electron chi connectivity index (χ1n) is 8.55. The summed E-state index contributed by atoms with van der Waals surface area (Å²) < 4.78 is 32.0. The molecule has 1 amide bonds. The zero-order valence-corrected chi connectivity index (χ0v) is 14.1. The van der Waals surface area contributed by atoms with Gasteiger partial charge in [0.2, 0.25) is 0 Å². The number of nitrogens with one attached hydrogen (secondary N) is 2. The summed E-state index contributed by atoms with van der Waals surface area (Å²) in [5.41, 5.74) is 3.33. The van der Waals surface area contributed by atoms with Gasteiger partial charge in [0.25, 0.3) is 11.8 Å². The van der Waals surface area contributed by atoms with E-state index in [1.165, 1.54) is 0 Å². The van der Waals surface area contributed by atoms with Crippen molar-refractivity contribution < 1.29 is 18.3 Å². The zero-order chi connectivity index (χ0) is 18.1. The number of amides is 1. The van der Waals surface area contributed by atoms with E-state index in [1.807, 2.05) is 41.3 Å². The molecule has 0 aromatic heterocycles. The lowest BCUT2D eigenvalue weighted by Crippen LogP contribution is -2.39. The lowest BCUT2D eigenvalue weighted by molar-refractivity contribution is -0.118. The number of alkyl halides is 2. The van der Waals surface area contributed by atoms with E-state index in [9.17, 15) is 13.6 Å². The van der Waals surface area contributed by atoms with Crippen molar-refractivity contribution >= 4 is 28.7 Å². The molecule has 0 bridgehead atoms. The molecule has 1 fully saturated rings. The van der Waals surface area contributed by atoms with E-state index in [1.54, 1.807) is 6.07 Å². The number of rotatable bonds is 3. The topological polar surface area (TPSA) is 53.6 Å². The van der Waals surface area contributed by atoms with Crippen molar-refractivity contribution in [1.82, 2.24) is 0 Å². The Morgan fingerprint density at radius 2 is 1.73 bits per heavy atom. The van der Waals surface area contributed by atoms with Crippen LogP contribution in [0.1, 0.15) is 12.8 Å².